The number of allylic oxidation sites excluding steroid dienone is 1. The molecule has 0 aromatic heterocycles. The summed E-state index contributed by atoms with van der Waals surface area (Å²) in [5, 5.41) is 9.76. The number of rotatable bonds is 9. The zero-order valence-electron chi connectivity index (χ0n) is 10.8. The van der Waals surface area contributed by atoms with Crippen molar-refractivity contribution in [2.24, 2.45) is 0 Å². The molecule has 1 nitrogen and oxygen atoms in total. The van der Waals surface area contributed by atoms with Crippen LogP contribution in [0.15, 0.2) is 11.6 Å². The Hall–Kier alpha value is -0.300. The Morgan fingerprint density at radius 3 is 2.40 bits per heavy atom. The third kappa shape index (κ3) is 9.99. The molecule has 1 atom stereocenters. The van der Waals surface area contributed by atoms with E-state index < -0.39 is 0 Å². The van der Waals surface area contributed by atoms with Gasteiger partial charge in [-0.3, -0.25) is 0 Å². The van der Waals surface area contributed by atoms with Gasteiger partial charge in [0.25, 0.3) is 0 Å². The van der Waals surface area contributed by atoms with E-state index >= 15 is 0 Å². The van der Waals surface area contributed by atoms with Crippen LogP contribution < -0.4 is 0 Å². The van der Waals surface area contributed by atoms with Crippen molar-refractivity contribution in [1.82, 2.24) is 0 Å². The fraction of sp³-hybridized carbons (Fsp3) is 0.857. The first-order valence-electron chi connectivity index (χ1n) is 6.54. The largest absolute Gasteiger partial charge is 0.393 e. The molecule has 1 heteroatoms. The van der Waals surface area contributed by atoms with Crippen LogP contribution in [0.25, 0.3) is 0 Å². The molecule has 0 radical (unpaired) electrons. The van der Waals surface area contributed by atoms with Gasteiger partial charge in [0.1, 0.15) is 0 Å². The average Bonchev–Trinajstić information content (AvgIpc) is 2.17. The van der Waals surface area contributed by atoms with Gasteiger partial charge in [0.2, 0.25) is 0 Å². The van der Waals surface area contributed by atoms with Crippen LogP contribution in [0.3, 0.4) is 0 Å². The molecule has 0 spiro atoms. The summed E-state index contributed by atoms with van der Waals surface area (Å²) in [6, 6.07) is 0. The van der Waals surface area contributed by atoms with Crippen LogP contribution in [0.4, 0.5) is 0 Å². The van der Waals surface area contributed by atoms with E-state index in [1.165, 1.54) is 37.7 Å². The van der Waals surface area contributed by atoms with Gasteiger partial charge in [-0.25, -0.2) is 0 Å². The minimum absolute atomic E-state index is 0.116. The van der Waals surface area contributed by atoms with E-state index in [9.17, 15) is 5.11 Å². The van der Waals surface area contributed by atoms with Gasteiger partial charge >= 0.3 is 0 Å². The number of aliphatic hydroxyl groups is 1. The molecule has 90 valence electrons. The lowest BCUT2D eigenvalue weighted by molar-refractivity contribution is 0.160. The maximum Gasteiger partial charge on any atom is 0.0577 e. The molecule has 0 aromatic carbocycles. The monoisotopic (exact) mass is 212 g/mol. The average molecular weight is 212 g/mol. The van der Waals surface area contributed by atoms with E-state index in [-0.39, 0.29) is 6.10 Å². The Balaban J connectivity index is 3.40. The van der Waals surface area contributed by atoms with Crippen LogP contribution in [0, 0.1) is 0 Å². The first kappa shape index (κ1) is 14.7. The molecule has 0 rings (SSSR count). The summed E-state index contributed by atoms with van der Waals surface area (Å²) >= 11 is 0. The van der Waals surface area contributed by atoms with Gasteiger partial charge in [0, 0.05) is 0 Å². The third-order valence-electron chi connectivity index (χ3n) is 2.75. The normalized spacial score (nSPS) is 14.3. The molecule has 0 heterocycles. The van der Waals surface area contributed by atoms with Crippen molar-refractivity contribution in [2.75, 3.05) is 0 Å². The van der Waals surface area contributed by atoms with Crippen LogP contribution in [-0.4, -0.2) is 11.2 Å². The third-order valence-corrected chi connectivity index (χ3v) is 2.75. The minimum Gasteiger partial charge on any atom is -0.393 e. The van der Waals surface area contributed by atoms with Crippen LogP contribution >= 0.6 is 0 Å². The highest BCUT2D eigenvalue weighted by Gasteiger charge is 2.04. The number of hydrogen-bond donors (Lipinski definition) is 1. The Kier molecular flexibility index (Phi) is 10.0. The van der Waals surface area contributed by atoms with Crippen LogP contribution in [-0.2, 0) is 0 Å². The lowest BCUT2D eigenvalue weighted by Gasteiger charge is -2.10. The lowest BCUT2D eigenvalue weighted by Crippen LogP contribution is -2.06. The number of hydrogen-bond acceptors (Lipinski definition) is 1. The van der Waals surface area contributed by atoms with Crippen molar-refractivity contribution in [3.8, 4) is 0 Å². The first-order chi connectivity index (χ1) is 7.20. The summed E-state index contributed by atoms with van der Waals surface area (Å²) in [4.78, 5) is 0. The van der Waals surface area contributed by atoms with E-state index in [1.807, 2.05) is 0 Å². The molecular weight excluding hydrogens is 184 g/mol. The van der Waals surface area contributed by atoms with Gasteiger partial charge in [0.05, 0.1) is 6.10 Å². The zero-order chi connectivity index (χ0) is 11.5. The first-order valence-corrected chi connectivity index (χ1v) is 6.54. The van der Waals surface area contributed by atoms with Crippen molar-refractivity contribution >= 4 is 0 Å². The van der Waals surface area contributed by atoms with E-state index in [2.05, 4.69) is 26.8 Å². The van der Waals surface area contributed by atoms with Crippen molar-refractivity contribution in [2.45, 2.75) is 78.2 Å². The molecule has 0 aliphatic rings. The highest BCUT2D eigenvalue weighted by atomic mass is 16.3. The second-order valence-electron chi connectivity index (χ2n) is 4.52. The zero-order valence-corrected chi connectivity index (χ0v) is 10.8. The Labute approximate surface area is 95.6 Å². The maximum atomic E-state index is 9.76. The van der Waals surface area contributed by atoms with Crippen molar-refractivity contribution < 1.29 is 5.11 Å². The van der Waals surface area contributed by atoms with Gasteiger partial charge in [-0.15, -0.1) is 0 Å². The summed E-state index contributed by atoms with van der Waals surface area (Å²) in [5.41, 5.74) is 1.33. The van der Waals surface area contributed by atoms with Gasteiger partial charge < -0.3 is 5.11 Å². The van der Waals surface area contributed by atoms with Crippen LogP contribution in [0.5, 0.6) is 0 Å². The van der Waals surface area contributed by atoms with E-state index in [0.717, 1.165) is 19.3 Å². The van der Waals surface area contributed by atoms with E-state index in [1.54, 1.807) is 0 Å². The molecule has 0 fully saturated rings. The second kappa shape index (κ2) is 10.2. The fourth-order valence-electron chi connectivity index (χ4n) is 1.89. The maximum absolute atomic E-state index is 9.76. The SMILES string of the molecule is CC/C=C(\C)CC(O)CCCCCCC. The molecule has 1 unspecified atom stereocenters. The molecule has 0 bridgehead atoms. The quantitative estimate of drug-likeness (QED) is 0.442. The molecule has 0 saturated heterocycles. The second-order valence-corrected chi connectivity index (χ2v) is 4.52. The molecule has 0 aliphatic heterocycles. The Morgan fingerprint density at radius 2 is 1.80 bits per heavy atom. The van der Waals surface area contributed by atoms with Crippen molar-refractivity contribution in [1.29, 1.82) is 0 Å². The molecule has 0 aromatic rings. The Morgan fingerprint density at radius 1 is 1.13 bits per heavy atom. The van der Waals surface area contributed by atoms with Crippen LogP contribution in [0.1, 0.15) is 72.1 Å². The Bertz CT molecular complexity index is 161. The predicted molar refractivity (Wildman–Crippen MR) is 68.0 cm³/mol. The van der Waals surface area contributed by atoms with Crippen molar-refractivity contribution in [3.05, 3.63) is 11.6 Å². The fourth-order valence-corrected chi connectivity index (χ4v) is 1.89. The molecule has 0 aliphatic carbocycles. The highest BCUT2D eigenvalue weighted by molar-refractivity contribution is 4.98. The van der Waals surface area contributed by atoms with E-state index in [4.69, 9.17) is 0 Å². The van der Waals surface area contributed by atoms with Gasteiger partial charge in [-0.2, -0.15) is 0 Å². The van der Waals surface area contributed by atoms with Gasteiger partial charge in [-0.1, -0.05) is 57.6 Å². The molecule has 0 saturated carbocycles. The topological polar surface area (TPSA) is 20.2 Å². The van der Waals surface area contributed by atoms with Gasteiger partial charge in [-0.05, 0) is 26.2 Å². The summed E-state index contributed by atoms with van der Waals surface area (Å²) < 4.78 is 0. The number of unbranched alkanes of at least 4 members (excludes halogenated alkanes) is 4. The predicted octanol–water partition coefficient (Wildman–Crippen LogP) is 4.45. The summed E-state index contributed by atoms with van der Waals surface area (Å²) in [5.74, 6) is 0. The molecule has 15 heavy (non-hydrogen) atoms. The summed E-state index contributed by atoms with van der Waals surface area (Å²) in [7, 11) is 0. The van der Waals surface area contributed by atoms with Gasteiger partial charge in [0.15, 0.2) is 0 Å². The summed E-state index contributed by atoms with van der Waals surface area (Å²) in [6.07, 6.45) is 11.4. The molecule has 1 N–H and O–H groups in total. The van der Waals surface area contributed by atoms with Crippen LogP contribution in [0.2, 0.25) is 0 Å². The smallest absolute Gasteiger partial charge is 0.0577 e. The highest BCUT2D eigenvalue weighted by Crippen LogP contribution is 2.13. The molecule has 0 amide bonds. The number of aliphatic hydroxyl groups excluding tert-OH is 1. The summed E-state index contributed by atoms with van der Waals surface area (Å²) in [6.45, 7) is 6.48. The van der Waals surface area contributed by atoms with E-state index in [0.29, 0.717) is 0 Å². The standard InChI is InChI=1S/C14H28O/c1-4-6-7-8-9-11-14(15)12-13(3)10-5-2/h10,14-15H,4-9,11-12H2,1-3H3/b13-10+. The minimum atomic E-state index is -0.116. The molecular formula is C14H28O. The lowest BCUT2D eigenvalue weighted by atomic mass is 10.0. The van der Waals surface area contributed by atoms with Crippen molar-refractivity contribution in [3.63, 3.8) is 0 Å².